The van der Waals surface area contributed by atoms with Crippen molar-refractivity contribution >= 4 is 27.6 Å². The molecule has 0 aromatic heterocycles. The summed E-state index contributed by atoms with van der Waals surface area (Å²) in [5, 5.41) is 0. The van der Waals surface area contributed by atoms with E-state index in [0.29, 0.717) is 24.0 Å². The predicted octanol–water partition coefficient (Wildman–Crippen LogP) is 2.61. The summed E-state index contributed by atoms with van der Waals surface area (Å²) in [4.78, 5) is 26.2. The van der Waals surface area contributed by atoms with E-state index in [1.165, 1.54) is 12.1 Å². The van der Waals surface area contributed by atoms with Gasteiger partial charge in [-0.2, -0.15) is 8.42 Å². The van der Waals surface area contributed by atoms with Gasteiger partial charge in [0.1, 0.15) is 0 Å². The average molecular weight is 357 g/mol. The van der Waals surface area contributed by atoms with Crippen molar-refractivity contribution in [2.45, 2.75) is 30.6 Å². The molecule has 0 fully saturated rings. The number of imide groups is 1. The van der Waals surface area contributed by atoms with Gasteiger partial charge in [0.25, 0.3) is 21.9 Å². The van der Waals surface area contributed by atoms with Crippen LogP contribution in [0.4, 0.5) is 5.69 Å². The van der Waals surface area contributed by atoms with Gasteiger partial charge in [0.05, 0.1) is 21.7 Å². The zero-order valence-electron chi connectivity index (χ0n) is 13.2. The van der Waals surface area contributed by atoms with Crippen molar-refractivity contribution in [3.63, 3.8) is 0 Å². The number of hydrogen-bond acceptors (Lipinski definition) is 4. The van der Waals surface area contributed by atoms with Gasteiger partial charge in [0.15, 0.2) is 0 Å². The minimum atomic E-state index is -4.44. The van der Waals surface area contributed by atoms with Gasteiger partial charge < -0.3 is 0 Å². The molecule has 2 aliphatic rings. The molecule has 1 N–H and O–H groups in total. The van der Waals surface area contributed by atoms with E-state index >= 15 is 0 Å². The maximum atomic E-state index is 12.7. The van der Waals surface area contributed by atoms with E-state index in [4.69, 9.17) is 0 Å². The fourth-order valence-electron chi connectivity index (χ4n) is 3.57. The second kappa shape index (κ2) is 5.50. The van der Waals surface area contributed by atoms with Crippen LogP contribution >= 0.6 is 0 Å². The Labute approximate surface area is 144 Å². The molecule has 0 atom stereocenters. The number of amides is 2. The molecule has 1 aliphatic heterocycles. The minimum Gasteiger partial charge on any atom is -0.282 e. The minimum absolute atomic E-state index is 0.260. The van der Waals surface area contributed by atoms with Crippen LogP contribution in [0.2, 0.25) is 0 Å². The van der Waals surface area contributed by atoms with E-state index < -0.39 is 21.9 Å². The van der Waals surface area contributed by atoms with Crippen LogP contribution in [0.25, 0.3) is 0 Å². The molecule has 4 rings (SSSR count). The van der Waals surface area contributed by atoms with Crippen LogP contribution in [0, 0.1) is 0 Å². The van der Waals surface area contributed by atoms with Crippen LogP contribution < -0.4 is 4.90 Å². The quantitative estimate of drug-likeness (QED) is 0.659. The van der Waals surface area contributed by atoms with Crippen LogP contribution in [0.5, 0.6) is 0 Å². The Kier molecular flexibility index (Phi) is 3.52. The molecule has 2 aromatic rings. The van der Waals surface area contributed by atoms with Crippen molar-refractivity contribution in [3.05, 3.63) is 58.7 Å². The number of nitrogens with zero attached hydrogens (tertiary/aromatic N) is 1. The Bertz CT molecular complexity index is 991. The SMILES string of the molecule is O=C1c2ccccc2C(=O)N1c1cc(S(=O)(=O)O)cc2c1CCCC2. The zero-order chi connectivity index (χ0) is 17.8. The third kappa shape index (κ3) is 2.47. The number of benzene rings is 2. The first-order chi connectivity index (χ1) is 11.9. The van der Waals surface area contributed by atoms with E-state index in [0.717, 1.165) is 28.9 Å². The highest BCUT2D eigenvalue weighted by atomic mass is 32.2. The Balaban J connectivity index is 1.94. The summed E-state index contributed by atoms with van der Waals surface area (Å²) in [5.41, 5.74) is 2.42. The summed E-state index contributed by atoms with van der Waals surface area (Å²) in [6.07, 6.45) is 3.09. The van der Waals surface area contributed by atoms with Gasteiger partial charge in [-0.05, 0) is 61.1 Å². The van der Waals surface area contributed by atoms with Crippen molar-refractivity contribution in [3.8, 4) is 0 Å². The third-order valence-electron chi connectivity index (χ3n) is 4.75. The lowest BCUT2D eigenvalue weighted by atomic mass is 9.90. The smallest absolute Gasteiger partial charge is 0.282 e. The monoisotopic (exact) mass is 357 g/mol. The number of rotatable bonds is 2. The number of fused-ring (bicyclic) bond motifs is 2. The first-order valence-electron chi connectivity index (χ1n) is 7.99. The number of carbonyl (C=O) groups is 2. The molecule has 7 heteroatoms. The summed E-state index contributed by atoms with van der Waals surface area (Å²) in [6, 6.07) is 9.17. The van der Waals surface area contributed by atoms with Gasteiger partial charge in [-0.1, -0.05) is 12.1 Å². The summed E-state index contributed by atoms with van der Waals surface area (Å²) < 4.78 is 32.7. The Morgan fingerprint density at radius 2 is 1.52 bits per heavy atom. The second-order valence-electron chi connectivity index (χ2n) is 6.25. The highest BCUT2D eigenvalue weighted by Crippen LogP contribution is 2.37. The molecule has 2 aromatic carbocycles. The summed E-state index contributed by atoms with van der Waals surface area (Å²) in [6.45, 7) is 0. The molecule has 0 bridgehead atoms. The fourth-order valence-corrected chi connectivity index (χ4v) is 4.12. The summed E-state index contributed by atoms with van der Waals surface area (Å²) >= 11 is 0. The normalized spacial score (nSPS) is 16.8. The maximum absolute atomic E-state index is 12.7. The van der Waals surface area contributed by atoms with E-state index in [-0.39, 0.29) is 10.6 Å². The summed E-state index contributed by atoms with van der Waals surface area (Å²) in [5.74, 6) is -0.943. The molecule has 25 heavy (non-hydrogen) atoms. The van der Waals surface area contributed by atoms with E-state index in [9.17, 15) is 22.6 Å². The van der Waals surface area contributed by atoms with Crippen LogP contribution in [0.15, 0.2) is 41.3 Å². The zero-order valence-corrected chi connectivity index (χ0v) is 14.0. The lowest BCUT2D eigenvalue weighted by Crippen LogP contribution is -2.31. The van der Waals surface area contributed by atoms with Crippen LogP contribution in [0.3, 0.4) is 0 Å². The van der Waals surface area contributed by atoms with Crippen molar-refractivity contribution in [1.29, 1.82) is 0 Å². The highest BCUT2D eigenvalue weighted by Gasteiger charge is 2.38. The molecular formula is C18H15NO5S. The molecule has 0 unspecified atom stereocenters. The molecule has 1 heterocycles. The first kappa shape index (κ1) is 16.0. The second-order valence-corrected chi connectivity index (χ2v) is 7.68. The van der Waals surface area contributed by atoms with Gasteiger partial charge in [-0.25, -0.2) is 4.90 Å². The van der Waals surface area contributed by atoms with Crippen molar-refractivity contribution in [2.75, 3.05) is 4.90 Å². The van der Waals surface area contributed by atoms with E-state index in [1.807, 2.05) is 0 Å². The number of carbonyl (C=O) groups excluding carboxylic acids is 2. The topological polar surface area (TPSA) is 91.8 Å². The maximum Gasteiger partial charge on any atom is 0.294 e. The van der Waals surface area contributed by atoms with Gasteiger partial charge >= 0.3 is 0 Å². The van der Waals surface area contributed by atoms with Crippen LogP contribution in [0.1, 0.15) is 44.7 Å². The van der Waals surface area contributed by atoms with Crippen molar-refractivity contribution in [2.24, 2.45) is 0 Å². The number of hydrogen-bond donors (Lipinski definition) is 1. The fraction of sp³-hybridized carbons (Fsp3) is 0.222. The highest BCUT2D eigenvalue weighted by molar-refractivity contribution is 7.85. The predicted molar refractivity (Wildman–Crippen MR) is 90.5 cm³/mol. The third-order valence-corrected chi connectivity index (χ3v) is 5.58. The standard InChI is InChI=1S/C18H15NO5S/c20-17-14-7-3-4-8-15(14)18(21)19(17)16-10-12(25(22,23)24)9-11-5-1-2-6-13(11)16/h3-4,7-10H,1-2,5-6H2,(H,22,23,24). The van der Waals surface area contributed by atoms with Gasteiger partial charge in [-0.15, -0.1) is 0 Å². The van der Waals surface area contributed by atoms with E-state index in [2.05, 4.69) is 0 Å². The summed E-state index contributed by atoms with van der Waals surface area (Å²) in [7, 11) is -4.44. The van der Waals surface area contributed by atoms with E-state index in [1.54, 1.807) is 24.3 Å². The lowest BCUT2D eigenvalue weighted by molar-refractivity contribution is 0.0925. The average Bonchev–Trinajstić information content (AvgIpc) is 2.85. The molecule has 1 aliphatic carbocycles. The van der Waals surface area contributed by atoms with Gasteiger partial charge in [0.2, 0.25) is 0 Å². The molecule has 6 nitrogen and oxygen atoms in total. The number of aryl methyl sites for hydroxylation is 1. The molecular weight excluding hydrogens is 342 g/mol. The Morgan fingerprint density at radius 3 is 2.12 bits per heavy atom. The Morgan fingerprint density at radius 1 is 0.920 bits per heavy atom. The van der Waals surface area contributed by atoms with Crippen molar-refractivity contribution < 1.29 is 22.6 Å². The largest absolute Gasteiger partial charge is 0.294 e. The van der Waals surface area contributed by atoms with Crippen molar-refractivity contribution in [1.82, 2.24) is 0 Å². The molecule has 0 saturated heterocycles. The molecule has 0 radical (unpaired) electrons. The molecule has 0 saturated carbocycles. The molecule has 128 valence electrons. The van der Waals surface area contributed by atoms with Crippen LogP contribution in [-0.2, 0) is 23.0 Å². The Hall–Kier alpha value is -2.51. The lowest BCUT2D eigenvalue weighted by Gasteiger charge is -2.24. The van der Waals surface area contributed by atoms with Crippen LogP contribution in [-0.4, -0.2) is 24.8 Å². The first-order valence-corrected chi connectivity index (χ1v) is 9.43. The van der Waals surface area contributed by atoms with Gasteiger partial charge in [0, 0.05) is 0 Å². The van der Waals surface area contributed by atoms with Gasteiger partial charge in [-0.3, -0.25) is 14.1 Å². The molecule has 2 amide bonds. The number of anilines is 1. The molecule has 0 spiro atoms.